The fraction of sp³-hybridized carbons (Fsp3) is 0.632. The van der Waals surface area contributed by atoms with Gasteiger partial charge in [-0.3, -0.25) is 14.2 Å². The van der Waals surface area contributed by atoms with E-state index in [0.29, 0.717) is 24.1 Å². The van der Waals surface area contributed by atoms with Crippen LogP contribution in [0.4, 0.5) is 5.69 Å². The summed E-state index contributed by atoms with van der Waals surface area (Å²) in [4.78, 5) is 48.1. The van der Waals surface area contributed by atoms with E-state index in [1.807, 2.05) is 6.07 Å². The number of rotatable bonds is 8. The summed E-state index contributed by atoms with van der Waals surface area (Å²) in [7, 11) is 0. The highest BCUT2D eigenvalue weighted by molar-refractivity contribution is 5.93. The van der Waals surface area contributed by atoms with Crippen LogP contribution in [0.15, 0.2) is 54.0 Å². The fourth-order valence-corrected chi connectivity index (χ4v) is 8.28. The predicted molar refractivity (Wildman–Crippen MR) is 191 cm³/mol. The molecule has 0 aromatic carbocycles. The molecule has 3 aromatic heterocycles. The highest BCUT2D eigenvalue weighted by Gasteiger charge is 2.29. The molecule has 2 saturated carbocycles. The Labute approximate surface area is 295 Å². The van der Waals surface area contributed by atoms with E-state index in [9.17, 15) is 9.59 Å². The SMILES string of the molecule is O=C1CCCCN1c1cnc(OC2CCN(C3CCCC3)CC2)nc1.O=c1ccccn1-c1cnc(OC2CCN(C3CCCC3)CC2)nc1. The van der Waals surface area contributed by atoms with Gasteiger partial charge < -0.3 is 24.2 Å². The Morgan fingerprint density at radius 2 is 1.06 bits per heavy atom. The molecule has 12 heteroatoms. The minimum atomic E-state index is -0.0981. The molecule has 0 radical (unpaired) electrons. The van der Waals surface area contributed by atoms with Crippen molar-refractivity contribution < 1.29 is 14.3 Å². The van der Waals surface area contributed by atoms with Gasteiger partial charge in [0.1, 0.15) is 12.2 Å². The number of piperidine rings is 3. The van der Waals surface area contributed by atoms with Gasteiger partial charge in [-0.2, -0.15) is 0 Å². The minimum Gasteiger partial charge on any atom is -0.460 e. The first-order chi connectivity index (χ1) is 24.6. The first-order valence-corrected chi connectivity index (χ1v) is 19.0. The number of hydrogen-bond donors (Lipinski definition) is 0. The Kier molecular flexibility index (Phi) is 11.7. The van der Waals surface area contributed by atoms with Gasteiger partial charge in [0.2, 0.25) is 5.91 Å². The molecular weight excluding hydrogens is 632 g/mol. The maximum Gasteiger partial charge on any atom is 0.316 e. The highest BCUT2D eigenvalue weighted by atomic mass is 16.5. The number of carbonyl (C=O) groups excluding carboxylic acids is 1. The van der Waals surface area contributed by atoms with E-state index in [1.54, 1.807) is 42.0 Å². The molecule has 0 unspecified atom stereocenters. The van der Waals surface area contributed by atoms with E-state index in [4.69, 9.17) is 9.47 Å². The standard InChI is InChI=1S/C19H28N4O2.C19H24N4O2/c2*24-18-7-3-4-10-23(18)16-13-20-19(21-14-16)25-17-8-11-22(12-9-17)15-5-1-2-6-15/h13-15,17H,1-12H2;3-4,7,10,13-15,17H,1-2,5-6,8-9,11-12H2. The first kappa shape index (κ1) is 34.5. The maximum absolute atomic E-state index is 12.0. The Morgan fingerprint density at radius 3 is 1.54 bits per heavy atom. The molecule has 8 rings (SSSR count). The third kappa shape index (κ3) is 8.87. The Hall–Kier alpha value is -3.90. The molecule has 5 aliphatic rings. The molecule has 0 spiro atoms. The van der Waals surface area contributed by atoms with Crippen LogP contribution in [-0.4, -0.2) is 97.2 Å². The lowest BCUT2D eigenvalue weighted by molar-refractivity contribution is -0.119. The van der Waals surface area contributed by atoms with Crippen molar-refractivity contribution in [2.24, 2.45) is 0 Å². The van der Waals surface area contributed by atoms with Gasteiger partial charge in [-0.25, -0.2) is 19.9 Å². The van der Waals surface area contributed by atoms with Crippen LogP contribution in [0.1, 0.15) is 96.3 Å². The minimum absolute atomic E-state index is 0.0981. The van der Waals surface area contributed by atoms with Gasteiger partial charge in [0.25, 0.3) is 5.56 Å². The average Bonchev–Trinajstić information content (AvgIpc) is 3.90. The summed E-state index contributed by atoms with van der Waals surface area (Å²) in [5, 5.41) is 0. The second-order valence-electron chi connectivity index (χ2n) is 14.4. The predicted octanol–water partition coefficient (Wildman–Crippen LogP) is 5.19. The maximum atomic E-state index is 12.0. The van der Waals surface area contributed by atoms with Crippen molar-refractivity contribution in [1.29, 1.82) is 0 Å². The molecule has 50 heavy (non-hydrogen) atoms. The number of amides is 1. The average molecular weight is 685 g/mol. The van der Waals surface area contributed by atoms with Crippen LogP contribution in [0.2, 0.25) is 0 Å². The van der Waals surface area contributed by atoms with Gasteiger partial charge in [-0.1, -0.05) is 31.7 Å². The zero-order valence-electron chi connectivity index (χ0n) is 29.3. The largest absolute Gasteiger partial charge is 0.460 e. The number of likely N-dealkylation sites (tertiary alicyclic amines) is 2. The van der Waals surface area contributed by atoms with Crippen molar-refractivity contribution >= 4 is 11.6 Å². The van der Waals surface area contributed by atoms with E-state index >= 15 is 0 Å². The molecule has 268 valence electrons. The van der Waals surface area contributed by atoms with Crippen molar-refractivity contribution in [2.75, 3.05) is 37.6 Å². The lowest BCUT2D eigenvalue weighted by Gasteiger charge is -2.35. The van der Waals surface area contributed by atoms with Gasteiger partial charge in [-0.05, 0) is 70.3 Å². The summed E-state index contributed by atoms with van der Waals surface area (Å²) in [6, 6.07) is 7.47. The number of pyridine rings is 1. The summed E-state index contributed by atoms with van der Waals surface area (Å²) < 4.78 is 13.5. The smallest absolute Gasteiger partial charge is 0.316 e. The monoisotopic (exact) mass is 684 g/mol. The van der Waals surface area contributed by atoms with Crippen molar-refractivity contribution in [3.05, 3.63) is 59.5 Å². The zero-order chi connectivity index (χ0) is 34.1. The van der Waals surface area contributed by atoms with Crippen LogP contribution in [0.5, 0.6) is 12.0 Å². The molecule has 1 amide bonds. The summed E-state index contributed by atoms with van der Waals surface area (Å²) in [5.74, 6) is 0.169. The number of ether oxygens (including phenoxy) is 2. The molecule has 2 aliphatic carbocycles. The molecule has 3 aromatic rings. The number of hydrogen-bond acceptors (Lipinski definition) is 10. The molecule has 6 heterocycles. The number of nitrogens with zero attached hydrogens (tertiary/aromatic N) is 8. The van der Waals surface area contributed by atoms with Gasteiger partial charge in [0.05, 0.1) is 36.2 Å². The van der Waals surface area contributed by atoms with Gasteiger partial charge in [0.15, 0.2) is 0 Å². The second-order valence-corrected chi connectivity index (χ2v) is 14.4. The van der Waals surface area contributed by atoms with Crippen molar-refractivity contribution in [2.45, 2.75) is 121 Å². The summed E-state index contributed by atoms with van der Waals surface area (Å²) >= 11 is 0. The van der Waals surface area contributed by atoms with Crippen LogP contribution >= 0.6 is 0 Å². The molecule has 0 atom stereocenters. The van der Waals surface area contributed by atoms with E-state index in [0.717, 1.165) is 89.0 Å². The summed E-state index contributed by atoms with van der Waals surface area (Å²) in [6.07, 6.45) is 26.6. The van der Waals surface area contributed by atoms with E-state index in [-0.39, 0.29) is 23.7 Å². The molecule has 3 aliphatic heterocycles. The van der Waals surface area contributed by atoms with Crippen LogP contribution < -0.4 is 19.9 Å². The van der Waals surface area contributed by atoms with Crippen LogP contribution in [0.25, 0.3) is 5.69 Å². The molecule has 0 bridgehead atoms. The normalized spacial score (nSPS) is 22.0. The molecule has 3 saturated heterocycles. The van der Waals surface area contributed by atoms with E-state index < -0.39 is 0 Å². The van der Waals surface area contributed by atoms with Crippen molar-refractivity contribution in [1.82, 2.24) is 34.3 Å². The van der Waals surface area contributed by atoms with Crippen molar-refractivity contribution in [3.63, 3.8) is 0 Å². The zero-order valence-corrected chi connectivity index (χ0v) is 29.3. The van der Waals surface area contributed by atoms with E-state index in [2.05, 4.69) is 29.7 Å². The first-order valence-electron chi connectivity index (χ1n) is 19.0. The fourth-order valence-electron chi connectivity index (χ4n) is 8.28. The molecule has 0 N–H and O–H groups in total. The van der Waals surface area contributed by atoms with Gasteiger partial charge >= 0.3 is 12.0 Å². The quantitative estimate of drug-likeness (QED) is 0.314. The van der Waals surface area contributed by atoms with Crippen LogP contribution in [0, 0.1) is 0 Å². The number of aromatic nitrogens is 5. The van der Waals surface area contributed by atoms with Crippen LogP contribution in [-0.2, 0) is 4.79 Å². The number of anilines is 1. The lowest BCUT2D eigenvalue weighted by atomic mass is 10.0. The third-order valence-corrected chi connectivity index (χ3v) is 11.1. The molecular formula is C38H52N8O4. The Bertz CT molecular complexity index is 1560. The lowest BCUT2D eigenvalue weighted by Crippen LogP contribution is -2.43. The Morgan fingerprint density at radius 1 is 0.560 bits per heavy atom. The summed E-state index contributed by atoms with van der Waals surface area (Å²) in [5.41, 5.74) is 1.33. The third-order valence-electron chi connectivity index (χ3n) is 11.1. The topological polar surface area (TPSA) is 119 Å². The van der Waals surface area contributed by atoms with Crippen molar-refractivity contribution in [3.8, 4) is 17.7 Å². The number of carbonyl (C=O) groups is 1. The summed E-state index contributed by atoms with van der Waals surface area (Å²) in [6.45, 7) is 5.22. The second kappa shape index (κ2) is 16.9. The highest BCUT2D eigenvalue weighted by Crippen LogP contribution is 2.29. The van der Waals surface area contributed by atoms with Gasteiger partial charge in [-0.15, -0.1) is 0 Å². The van der Waals surface area contributed by atoms with Crippen LogP contribution in [0.3, 0.4) is 0 Å². The van der Waals surface area contributed by atoms with E-state index in [1.165, 1.54) is 62.0 Å². The molecule has 5 fully saturated rings. The molecule has 12 nitrogen and oxygen atoms in total. The Balaban J connectivity index is 0.000000157. The van der Waals surface area contributed by atoms with Gasteiger partial charge in [0, 0.05) is 63.5 Å².